The number of rotatable bonds is 6. The Balaban J connectivity index is 1.42. The van der Waals surface area contributed by atoms with Gasteiger partial charge < -0.3 is 24.6 Å². The molecular formula is C27H32N2O5. The van der Waals surface area contributed by atoms with Gasteiger partial charge in [-0.25, -0.2) is 0 Å². The molecular weight excluding hydrogens is 432 g/mol. The lowest BCUT2D eigenvalue weighted by Gasteiger charge is -2.65. The van der Waals surface area contributed by atoms with E-state index < -0.39 is 23.0 Å². The fourth-order valence-electron chi connectivity index (χ4n) is 7.64. The topological polar surface area (TPSA) is 91.3 Å². The minimum Gasteiger partial charge on any atom is -0.504 e. The first-order valence-corrected chi connectivity index (χ1v) is 12.2. The number of carboxylic acid groups (broad SMARTS) is 1. The Morgan fingerprint density at radius 2 is 2.06 bits per heavy atom. The summed E-state index contributed by atoms with van der Waals surface area (Å²) in [6.45, 7) is 0.906. The van der Waals surface area contributed by atoms with E-state index in [2.05, 4.69) is 17.3 Å². The van der Waals surface area contributed by atoms with E-state index in [1.807, 2.05) is 36.4 Å². The summed E-state index contributed by atoms with van der Waals surface area (Å²) in [6.07, 6.45) is 3.34. The number of nitrogens with zero attached hydrogens (tertiary/aromatic N) is 1. The number of aromatic hydroxyl groups is 1. The third-order valence-electron chi connectivity index (χ3n) is 9.05. The average Bonchev–Trinajstić information content (AvgIpc) is 3.20. The molecule has 2 fully saturated rings. The van der Waals surface area contributed by atoms with Crippen molar-refractivity contribution >= 4 is 5.97 Å². The summed E-state index contributed by atoms with van der Waals surface area (Å²) < 4.78 is 13.1. The van der Waals surface area contributed by atoms with Crippen LogP contribution in [0.1, 0.15) is 36.0 Å². The zero-order valence-corrected chi connectivity index (χ0v) is 19.7. The van der Waals surface area contributed by atoms with Crippen molar-refractivity contribution in [2.75, 3.05) is 20.7 Å². The standard InChI is InChI=1S/C27H32N2O5/c1-29-13-12-26-22-17-8-9-20(30)23(22)34-24(26)18(10-11-27(26,33-2)21(29)15-17)28-19(25(31)32)14-16-6-4-3-5-7-16/h3-9,18-19,21,24,28,30H,10-15H2,1-2H3,(H,31,32)/t18-,19+,21?,24-,26-,27?/m0/s1. The normalized spacial score (nSPS) is 34.2. The zero-order valence-electron chi connectivity index (χ0n) is 19.7. The summed E-state index contributed by atoms with van der Waals surface area (Å²) in [4.78, 5) is 14.7. The van der Waals surface area contributed by atoms with Crippen LogP contribution in [0.15, 0.2) is 42.5 Å². The van der Waals surface area contributed by atoms with E-state index in [0.29, 0.717) is 12.2 Å². The quantitative estimate of drug-likeness (QED) is 0.605. The van der Waals surface area contributed by atoms with Gasteiger partial charge in [0.05, 0.1) is 11.0 Å². The molecule has 3 N–H and O–H groups in total. The van der Waals surface area contributed by atoms with Crippen molar-refractivity contribution < 1.29 is 24.5 Å². The van der Waals surface area contributed by atoms with Crippen molar-refractivity contribution in [2.45, 2.75) is 67.3 Å². The first-order valence-electron chi connectivity index (χ1n) is 12.2. The third kappa shape index (κ3) is 2.78. The average molecular weight is 465 g/mol. The molecule has 34 heavy (non-hydrogen) atoms. The lowest BCUT2D eigenvalue weighted by atomic mass is 9.48. The van der Waals surface area contributed by atoms with Crippen molar-refractivity contribution in [1.82, 2.24) is 10.2 Å². The summed E-state index contributed by atoms with van der Waals surface area (Å²) in [6, 6.07) is 12.8. The van der Waals surface area contributed by atoms with Gasteiger partial charge in [-0.3, -0.25) is 10.1 Å². The van der Waals surface area contributed by atoms with Gasteiger partial charge in [-0.05, 0) is 62.9 Å². The van der Waals surface area contributed by atoms with Crippen LogP contribution in [0.25, 0.3) is 0 Å². The number of methoxy groups -OCH3 is 1. The second-order valence-electron chi connectivity index (χ2n) is 10.4. The molecule has 0 amide bonds. The van der Waals surface area contributed by atoms with Gasteiger partial charge >= 0.3 is 5.97 Å². The summed E-state index contributed by atoms with van der Waals surface area (Å²) in [5.41, 5.74) is 2.42. The Morgan fingerprint density at radius 1 is 1.26 bits per heavy atom. The maximum Gasteiger partial charge on any atom is 0.321 e. The minimum absolute atomic E-state index is 0.155. The van der Waals surface area contributed by atoms with Crippen LogP contribution in [-0.2, 0) is 27.8 Å². The van der Waals surface area contributed by atoms with Crippen LogP contribution < -0.4 is 10.1 Å². The van der Waals surface area contributed by atoms with Crippen LogP contribution in [-0.4, -0.2) is 71.6 Å². The van der Waals surface area contributed by atoms with Gasteiger partial charge in [0.25, 0.3) is 0 Å². The molecule has 0 radical (unpaired) electrons. The van der Waals surface area contributed by atoms with E-state index in [-0.39, 0.29) is 23.9 Å². The number of carboxylic acids is 1. The number of phenolic OH excluding ortho intramolecular Hbond substituents is 1. The molecule has 2 aromatic carbocycles. The van der Waals surface area contributed by atoms with Gasteiger partial charge in [0.2, 0.25) is 0 Å². The Morgan fingerprint density at radius 3 is 2.79 bits per heavy atom. The molecule has 0 aromatic heterocycles. The Kier molecular flexibility index (Phi) is 4.96. The number of aliphatic carboxylic acids is 1. The highest BCUT2D eigenvalue weighted by atomic mass is 16.5. The molecule has 7 nitrogen and oxygen atoms in total. The number of carbonyl (C=O) groups is 1. The molecule has 180 valence electrons. The maximum atomic E-state index is 12.3. The van der Waals surface area contributed by atoms with Crippen molar-refractivity contribution in [1.29, 1.82) is 0 Å². The molecule has 2 aromatic rings. The third-order valence-corrected chi connectivity index (χ3v) is 9.05. The fourth-order valence-corrected chi connectivity index (χ4v) is 7.64. The van der Waals surface area contributed by atoms with Gasteiger partial charge in [0.15, 0.2) is 11.5 Å². The van der Waals surface area contributed by atoms with Crippen molar-refractivity contribution in [3.8, 4) is 11.5 Å². The minimum atomic E-state index is -0.867. The molecule has 7 heteroatoms. The number of hydrogen-bond acceptors (Lipinski definition) is 6. The molecule has 6 rings (SSSR count). The van der Waals surface area contributed by atoms with Crippen molar-refractivity contribution in [3.63, 3.8) is 0 Å². The molecule has 2 aliphatic heterocycles. The summed E-state index contributed by atoms with van der Waals surface area (Å²) >= 11 is 0. The van der Waals surface area contributed by atoms with Gasteiger partial charge in [-0.15, -0.1) is 0 Å². The van der Waals surface area contributed by atoms with Gasteiger partial charge in [-0.1, -0.05) is 36.4 Å². The molecule has 6 atom stereocenters. The first-order chi connectivity index (χ1) is 16.4. The second-order valence-corrected chi connectivity index (χ2v) is 10.4. The van der Waals surface area contributed by atoms with Gasteiger partial charge in [0, 0.05) is 24.8 Å². The van der Waals surface area contributed by atoms with Crippen LogP contribution in [0, 0.1) is 0 Å². The smallest absolute Gasteiger partial charge is 0.321 e. The molecule has 2 heterocycles. The number of benzene rings is 2. The molecule has 1 saturated heterocycles. The SMILES string of the molecule is COC12CC[C@H](N[C@H](Cc3ccccc3)C(=O)O)[C@@H]3Oc4c(O)ccc5c4[C@@]31CCN(C)C2C5. The summed E-state index contributed by atoms with van der Waals surface area (Å²) in [7, 11) is 3.97. The lowest BCUT2D eigenvalue weighted by molar-refractivity contribution is -0.204. The number of hydrogen-bond donors (Lipinski definition) is 3. The predicted molar refractivity (Wildman–Crippen MR) is 126 cm³/mol. The maximum absolute atomic E-state index is 12.3. The Labute approximate surface area is 199 Å². The highest BCUT2D eigenvalue weighted by Crippen LogP contribution is 2.66. The van der Waals surface area contributed by atoms with Crippen molar-refractivity contribution in [2.24, 2.45) is 0 Å². The largest absolute Gasteiger partial charge is 0.504 e. The van der Waals surface area contributed by atoms with Crippen molar-refractivity contribution in [3.05, 3.63) is 59.2 Å². The van der Waals surface area contributed by atoms with Crippen LogP contribution >= 0.6 is 0 Å². The Bertz CT molecular complexity index is 1120. The summed E-state index contributed by atoms with van der Waals surface area (Å²) in [5.74, 6) is -0.146. The van der Waals surface area contributed by atoms with Crippen LogP contribution in [0.5, 0.6) is 11.5 Å². The number of likely N-dealkylation sites (N-methyl/N-ethyl adjacent to an activating group) is 1. The first kappa shape index (κ1) is 21.9. The van der Waals surface area contributed by atoms with Crippen LogP contribution in [0.4, 0.5) is 0 Å². The monoisotopic (exact) mass is 464 g/mol. The highest BCUT2D eigenvalue weighted by Gasteiger charge is 2.73. The molecule has 2 aliphatic carbocycles. The lowest BCUT2D eigenvalue weighted by Crippen LogP contribution is -2.78. The second kappa shape index (κ2) is 7.70. The van der Waals surface area contributed by atoms with E-state index in [4.69, 9.17) is 9.47 Å². The molecule has 4 aliphatic rings. The van der Waals surface area contributed by atoms with Gasteiger partial charge in [0.1, 0.15) is 12.1 Å². The number of ether oxygens (including phenoxy) is 2. The highest BCUT2D eigenvalue weighted by molar-refractivity contribution is 5.74. The van der Waals surface area contributed by atoms with E-state index in [1.165, 1.54) is 5.56 Å². The van der Waals surface area contributed by atoms with E-state index in [0.717, 1.165) is 43.4 Å². The number of phenols is 1. The van der Waals surface area contributed by atoms with E-state index >= 15 is 0 Å². The number of likely N-dealkylation sites (tertiary alicyclic amines) is 1. The number of piperidine rings is 1. The Hall–Kier alpha value is -2.61. The van der Waals surface area contributed by atoms with E-state index in [1.54, 1.807) is 13.2 Å². The van der Waals surface area contributed by atoms with E-state index in [9.17, 15) is 15.0 Å². The number of nitrogens with one attached hydrogen (secondary N) is 1. The molecule has 1 spiro atoms. The molecule has 1 saturated carbocycles. The predicted octanol–water partition coefficient (Wildman–Crippen LogP) is 2.48. The van der Waals surface area contributed by atoms with Crippen LogP contribution in [0.3, 0.4) is 0 Å². The van der Waals surface area contributed by atoms with Crippen LogP contribution in [0.2, 0.25) is 0 Å². The zero-order chi connectivity index (χ0) is 23.7. The fraction of sp³-hybridized carbons (Fsp3) is 0.519. The molecule has 2 unspecified atom stereocenters. The summed E-state index contributed by atoms with van der Waals surface area (Å²) in [5, 5.41) is 24.3. The van der Waals surface area contributed by atoms with Gasteiger partial charge in [-0.2, -0.15) is 0 Å². The molecule has 2 bridgehead atoms.